The Labute approximate surface area is 216 Å². The van der Waals surface area contributed by atoms with Crippen LogP contribution in [0.15, 0.2) is 97.1 Å². The monoisotopic (exact) mass is 493 g/mol. The van der Waals surface area contributed by atoms with Crippen molar-refractivity contribution in [2.75, 3.05) is 25.0 Å². The Balaban J connectivity index is 1.29. The molecule has 37 heavy (non-hydrogen) atoms. The quantitative estimate of drug-likeness (QED) is 0.289. The summed E-state index contributed by atoms with van der Waals surface area (Å²) in [6, 6.07) is 31.5. The third-order valence-electron chi connectivity index (χ3n) is 7.32. The van der Waals surface area contributed by atoms with Crippen molar-refractivity contribution in [1.82, 2.24) is 10.2 Å². The van der Waals surface area contributed by atoms with Gasteiger partial charge in [0.1, 0.15) is 0 Å². The van der Waals surface area contributed by atoms with Gasteiger partial charge in [-0.15, -0.1) is 0 Å². The summed E-state index contributed by atoms with van der Waals surface area (Å²) < 4.78 is 0. The van der Waals surface area contributed by atoms with Crippen molar-refractivity contribution in [2.24, 2.45) is 5.92 Å². The highest BCUT2D eigenvalue weighted by Gasteiger charge is 2.36. The van der Waals surface area contributed by atoms with Gasteiger partial charge in [-0.25, -0.2) is 9.59 Å². The summed E-state index contributed by atoms with van der Waals surface area (Å²) in [5.74, 6) is -0.523. The maximum Gasteiger partial charge on any atom is 0.335 e. The molecule has 0 radical (unpaired) electrons. The van der Waals surface area contributed by atoms with Gasteiger partial charge in [0, 0.05) is 37.3 Å². The zero-order chi connectivity index (χ0) is 25.8. The predicted molar refractivity (Wildman–Crippen MR) is 147 cm³/mol. The first-order valence-electron chi connectivity index (χ1n) is 12.6. The second kappa shape index (κ2) is 10.8. The minimum absolute atomic E-state index is 0.165. The van der Waals surface area contributed by atoms with Crippen LogP contribution in [-0.2, 0) is 0 Å². The molecule has 4 aromatic carbocycles. The predicted octanol–water partition coefficient (Wildman–Crippen LogP) is 6.14. The number of aromatic carboxylic acids is 1. The van der Waals surface area contributed by atoms with E-state index < -0.39 is 5.97 Å². The molecule has 0 aromatic heterocycles. The van der Waals surface area contributed by atoms with E-state index in [0.29, 0.717) is 18.8 Å². The molecule has 0 aliphatic carbocycles. The summed E-state index contributed by atoms with van der Waals surface area (Å²) in [5.41, 5.74) is 3.27. The van der Waals surface area contributed by atoms with Crippen molar-refractivity contribution >= 4 is 28.5 Å². The first-order valence-corrected chi connectivity index (χ1v) is 12.6. The van der Waals surface area contributed by atoms with Gasteiger partial charge in [-0.1, -0.05) is 72.8 Å². The molecule has 5 rings (SSSR count). The molecule has 0 saturated carbocycles. The molecule has 4 aromatic rings. The number of hydrogen-bond donors (Lipinski definition) is 3. The lowest BCUT2D eigenvalue weighted by Crippen LogP contribution is -2.34. The van der Waals surface area contributed by atoms with Gasteiger partial charge < -0.3 is 20.6 Å². The molecule has 1 aliphatic heterocycles. The summed E-state index contributed by atoms with van der Waals surface area (Å²) in [4.78, 5) is 26.1. The lowest BCUT2D eigenvalue weighted by Gasteiger charge is -2.23. The van der Waals surface area contributed by atoms with Gasteiger partial charge in [0.05, 0.1) is 5.56 Å². The molecule has 3 atom stereocenters. The van der Waals surface area contributed by atoms with Crippen molar-refractivity contribution in [1.29, 1.82) is 0 Å². The number of carboxylic acids is 1. The van der Waals surface area contributed by atoms with E-state index in [1.807, 2.05) is 23.1 Å². The topological polar surface area (TPSA) is 81.7 Å². The third-order valence-corrected chi connectivity index (χ3v) is 7.32. The van der Waals surface area contributed by atoms with E-state index in [1.165, 1.54) is 34.0 Å². The summed E-state index contributed by atoms with van der Waals surface area (Å²) in [6.45, 7) is 4.23. The van der Waals surface area contributed by atoms with Crippen molar-refractivity contribution in [3.05, 3.63) is 114 Å². The highest BCUT2D eigenvalue weighted by atomic mass is 16.4. The largest absolute Gasteiger partial charge is 0.478 e. The summed E-state index contributed by atoms with van der Waals surface area (Å²) in [5, 5.41) is 18.3. The number of carbonyl (C=O) groups is 2. The molecule has 0 bridgehead atoms. The Morgan fingerprint density at radius 2 is 1.59 bits per heavy atom. The fourth-order valence-electron chi connectivity index (χ4n) is 5.29. The van der Waals surface area contributed by atoms with Gasteiger partial charge in [0.2, 0.25) is 0 Å². The van der Waals surface area contributed by atoms with Gasteiger partial charge >= 0.3 is 12.0 Å². The number of rotatable bonds is 7. The molecular formula is C31H31N3O3. The number of likely N-dealkylation sites (tertiary alicyclic amines) is 1. The number of carboxylic acid groups (broad SMARTS) is 1. The second-order valence-corrected chi connectivity index (χ2v) is 9.69. The highest BCUT2D eigenvalue weighted by molar-refractivity contribution is 5.92. The van der Waals surface area contributed by atoms with E-state index in [1.54, 1.807) is 12.1 Å². The van der Waals surface area contributed by atoms with Crippen molar-refractivity contribution < 1.29 is 14.7 Å². The van der Waals surface area contributed by atoms with E-state index >= 15 is 0 Å². The Morgan fingerprint density at radius 1 is 0.892 bits per heavy atom. The number of nitrogens with one attached hydrogen (secondary N) is 2. The average Bonchev–Trinajstić information content (AvgIpc) is 3.37. The molecule has 188 valence electrons. The Hall–Kier alpha value is -4.16. The maximum absolute atomic E-state index is 13.1. The minimum Gasteiger partial charge on any atom is -0.478 e. The minimum atomic E-state index is -0.990. The van der Waals surface area contributed by atoms with Crippen molar-refractivity contribution in [3.63, 3.8) is 0 Å². The molecule has 3 N–H and O–H groups in total. The van der Waals surface area contributed by atoms with Gasteiger partial charge in [0.15, 0.2) is 0 Å². The molecule has 1 fully saturated rings. The Kier molecular flexibility index (Phi) is 7.19. The van der Waals surface area contributed by atoms with Gasteiger partial charge in [-0.2, -0.15) is 0 Å². The van der Waals surface area contributed by atoms with Crippen LogP contribution < -0.4 is 10.6 Å². The lowest BCUT2D eigenvalue weighted by atomic mass is 9.88. The molecule has 2 amide bonds. The smallest absolute Gasteiger partial charge is 0.335 e. The van der Waals surface area contributed by atoms with Crippen LogP contribution in [0.25, 0.3) is 10.8 Å². The zero-order valence-electron chi connectivity index (χ0n) is 20.8. The molecule has 6 nitrogen and oxygen atoms in total. The van der Waals surface area contributed by atoms with E-state index in [9.17, 15) is 9.59 Å². The summed E-state index contributed by atoms with van der Waals surface area (Å²) >= 11 is 0. The number of urea groups is 1. The molecule has 0 unspecified atom stereocenters. The van der Waals surface area contributed by atoms with Crippen LogP contribution in [0.1, 0.15) is 40.4 Å². The number of benzene rings is 4. The first kappa shape index (κ1) is 24.5. The third kappa shape index (κ3) is 5.49. The van der Waals surface area contributed by atoms with Crippen molar-refractivity contribution in [2.45, 2.75) is 18.9 Å². The van der Waals surface area contributed by atoms with Gasteiger partial charge in [-0.3, -0.25) is 0 Å². The lowest BCUT2D eigenvalue weighted by molar-refractivity contribution is 0.0697. The second-order valence-electron chi connectivity index (χ2n) is 9.69. The number of fused-ring (bicyclic) bond motifs is 1. The number of anilines is 1. The number of carbonyl (C=O) groups excluding carboxylic acids is 1. The van der Waals surface area contributed by atoms with Crippen LogP contribution in [0.5, 0.6) is 0 Å². The molecule has 1 saturated heterocycles. The number of hydrogen-bond acceptors (Lipinski definition) is 3. The number of amides is 2. The SMILES string of the molecule is C[C@@H](NC[C@@H]1CN(C(=O)Nc2ccc(C(=O)O)cc2)C[C@@H]1c1ccccc1)c1cccc2ccccc12. The zero-order valence-corrected chi connectivity index (χ0v) is 20.8. The standard InChI is InChI=1S/C31H31N3O3/c1-21(27-13-7-11-22-10-5-6-12-28(22)27)32-18-25-19-34(20-29(25)23-8-3-2-4-9-23)31(37)33-26-16-14-24(15-17-26)30(35)36/h2-17,21,25,29,32H,18-20H2,1H3,(H,33,37)(H,35,36)/t21-,25-,29-/m1/s1. The summed E-state index contributed by atoms with van der Waals surface area (Å²) in [7, 11) is 0. The molecular weight excluding hydrogens is 462 g/mol. The Morgan fingerprint density at radius 3 is 2.35 bits per heavy atom. The van der Waals surface area contributed by atoms with Crippen LogP contribution in [-0.4, -0.2) is 41.6 Å². The van der Waals surface area contributed by atoms with E-state index in [4.69, 9.17) is 5.11 Å². The van der Waals surface area contributed by atoms with Crippen LogP contribution in [0, 0.1) is 5.92 Å². The average molecular weight is 494 g/mol. The molecule has 1 heterocycles. The Bertz CT molecular complexity index is 1380. The van der Waals surface area contributed by atoms with E-state index in [-0.39, 0.29) is 29.5 Å². The normalized spacial score (nSPS) is 18.0. The van der Waals surface area contributed by atoms with E-state index in [0.717, 1.165) is 6.54 Å². The molecule has 0 spiro atoms. The van der Waals surface area contributed by atoms with Crippen LogP contribution >= 0.6 is 0 Å². The van der Waals surface area contributed by atoms with Crippen LogP contribution in [0.2, 0.25) is 0 Å². The fourth-order valence-corrected chi connectivity index (χ4v) is 5.29. The van der Waals surface area contributed by atoms with E-state index in [2.05, 4.69) is 72.2 Å². The van der Waals surface area contributed by atoms with Crippen molar-refractivity contribution in [3.8, 4) is 0 Å². The number of nitrogens with zero attached hydrogens (tertiary/aromatic N) is 1. The first-order chi connectivity index (χ1) is 18.0. The van der Waals surface area contributed by atoms with Gasteiger partial charge in [0.25, 0.3) is 0 Å². The van der Waals surface area contributed by atoms with Crippen LogP contribution in [0.4, 0.5) is 10.5 Å². The maximum atomic E-state index is 13.1. The highest BCUT2D eigenvalue weighted by Crippen LogP contribution is 2.33. The molecule has 6 heteroatoms. The van der Waals surface area contributed by atoms with Gasteiger partial charge in [-0.05, 0) is 59.0 Å². The molecule has 1 aliphatic rings. The van der Waals surface area contributed by atoms with Crippen LogP contribution in [0.3, 0.4) is 0 Å². The fraction of sp³-hybridized carbons (Fsp3) is 0.226. The summed E-state index contributed by atoms with van der Waals surface area (Å²) in [6.07, 6.45) is 0.